The third-order valence-electron chi connectivity index (χ3n) is 5.34. The summed E-state index contributed by atoms with van der Waals surface area (Å²) in [5.74, 6) is -0.137. The lowest BCUT2D eigenvalue weighted by atomic mass is 10.00. The smallest absolute Gasteiger partial charge is 0.276 e. The van der Waals surface area contributed by atoms with Gasteiger partial charge in [0.15, 0.2) is 6.54 Å². The van der Waals surface area contributed by atoms with Gasteiger partial charge in [-0.3, -0.25) is 4.79 Å². The molecule has 0 unspecified atom stereocenters. The Balaban J connectivity index is 1.53. The van der Waals surface area contributed by atoms with Gasteiger partial charge in [-0.05, 0) is 49.9 Å². The molecule has 0 aromatic heterocycles. The zero-order valence-electron chi connectivity index (χ0n) is 15.1. The molecule has 9 heteroatoms. The van der Waals surface area contributed by atoms with Crippen molar-refractivity contribution in [2.24, 2.45) is 0 Å². The number of quaternary nitrogens is 1. The van der Waals surface area contributed by atoms with Crippen LogP contribution in [-0.4, -0.2) is 56.9 Å². The molecular weight excluding hydrogens is 388 g/mol. The number of halogens is 1. The van der Waals surface area contributed by atoms with Crippen LogP contribution in [0.5, 0.6) is 0 Å². The van der Waals surface area contributed by atoms with Crippen LogP contribution in [-0.2, 0) is 14.8 Å². The summed E-state index contributed by atoms with van der Waals surface area (Å²) < 4.78 is 26.8. The lowest BCUT2D eigenvalue weighted by molar-refractivity contribution is -0.895. The zero-order valence-corrected chi connectivity index (χ0v) is 16.7. The second kappa shape index (κ2) is 8.15. The fraction of sp³-hybridized carbons (Fsp3) is 0.556. The van der Waals surface area contributed by atoms with Gasteiger partial charge < -0.3 is 10.2 Å². The molecule has 2 aliphatic rings. The summed E-state index contributed by atoms with van der Waals surface area (Å²) >= 11 is 5.83. The van der Waals surface area contributed by atoms with Crippen molar-refractivity contribution in [2.45, 2.75) is 36.1 Å². The average molecular weight is 412 g/mol. The standard InChI is InChI=1S/C18H23ClN4O3S/c19-15-3-5-16(6-4-15)27(25,26)23-11-9-22(10-12-23)13-17(24)21-18(14-20)7-1-2-8-18/h3-6H,1-2,7-13H2,(H,21,24)/p+1. The maximum absolute atomic E-state index is 12.7. The van der Waals surface area contributed by atoms with Gasteiger partial charge in [0.2, 0.25) is 10.0 Å². The molecule has 2 N–H and O–H groups in total. The highest BCUT2D eigenvalue weighted by atomic mass is 35.5. The molecule has 1 heterocycles. The van der Waals surface area contributed by atoms with Gasteiger partial charge in [0.25, 0.3) is 5.91 Å². The van der Waals surface area contributed by atoms with Crippen molar-refractivity contribution in [1.82, 2.24) is 9.62 Å². The summed E-state index contributed by atoms with van der Waals surface area (Å²) in [6, 6.07) is 8.40. The fourth-order valence-electron chi connectivity index (χ4n) is 3.76. The number of benzene rings is 1. The summed E-state index contributed by atoms with van der Waals surface area (Å²) in [4.78, 5) is 13.6. The molecule has 27 heavy (non-hydrogen) atoms. The van der Waals surface area contributed by atoms with Gasteiger partial charge >= 0.3 is 0 Å². The van der Waals surface area contributed by atoms with Gasteiger partial charge in [0.1, 0.15) is 5.54 Å². The van der Waals surface area contributed by atoms with E-state index in [1.165, 1.54) is 16.4 Å². The van der Waals surface area contributed by atoms with E-state index in [0.717, 1.165) is 17.7 Å². The molecule has 1 aromatic rings. The Morgan fingerprint density at radius 2 is 1.81 bits per heavy atom. The molecule has 1 aromatic carbocycles. The van der Waals surface area contributed by atoms with Crippen molar-refractivity contribution in [1.29, 1.82) is 5.26 Å². The van der Waals surface area contributed by atoms with Crippen LogP contribution in [0.15, 0.2) is 29.2 Å². The quantitative estimate of drug-likeness (QED) is 0.722. The summed E-state index contributed by atoms with van der Waals surface area (Å²) in [6.45, 7) is 2.09. The summed E-state index contributed by atoms with van der Waals surface area (Å²) in [6.07, 6.45) is 3.33. The first-order valence-electron chi connectivity index (χ1n) is 9.16. The Kier molecular flexibility index (Phi) is 6.06. The number of hydrogen-bond donors (Lipinski definition) is 2. The van der Waals surface area contributed by atoms with Crippen molar-refractivity contribution in [3.63, 3.8) is 0 Å². The van der Waals surface area contributed by atoms with Crippen LogP contribution in [0, 0.1) is 11.3 Å². The number of amides is 1. The summed E-state index contributed by atoms with van der Waals surface area (Å²) in [5, 5.41) is 12.8. The lowest BCUT2D eigenvalue weighted by Crippen LogP contribution is -3.16. The normalized spacial score (nSPS) is 20.9. The number of carbonyl (C=O) groups is 1. The third-order valence-corrected chi connectivity index (χ3v) is 7.51. The molecule has 0 radical (unpaired) electrons. The molecule has 1 saturated carbocycles. The van der Waals surface area contributed by atoms with E-state index >= 15 is 0 Å². The van der Waals surface area contributed by atoms with E-state index in [9.17, 15) is 18.5 Å². The minimum absolute atomic E-state index is 0.137. The van der Waals surface area contributed by atoms with Crippen molar-refractivity contribution in [2.75, 3.05) is 32.7 Å². The highest BCUT2D eigenvalue weighted by Gasteiger charge is 2.37. The highest BCUT2D eigenvalue weighted by Crippen LogP contribution is 2.28. The minimum Gasteiger partial charge on any atom is -0.333 e. The number of nitrogens with zero attached hydrogens (tertiary/aromatic N) is 2. The molecule has 146 valence electrons. The number of piperazine rings is 1. The molecule has 2 fully saturated rings. The Bertz CT molecular complexity index is 821. The topological polar surface area (TPSA) is 94.7 Å². The SMILES string of the molecule is N#CC1(NC(=O)C[NH+]2CCN(S(=O)(=O)c3ccc(Cl)cc3)CC2)CCCC1. The number of hydrogen-bond acceptors (Lipinski definition) is 4. The second-order valence-electron chi connectivity index (χ2n) is 7.23. The first-order valence-corrected chi connectivity index (χ1v) is 11.0. The third kappa shape index (κ3) is 4.61. The maximum Gasteiger partial charge on any atom is 0.276 e. The van der Waals surface area contributed by atoms with Gasteiger partial charge in [-0.2, -0.15) is 9.57 Å². The van der Waals surface area contributed by atoms with Gasteiger partial charge in [0.05, 0.1) is 37.1 Å². The number of nitriles is 1. The van der Waals surface area contributed by atoms with Crippen LogP contribution >= 0.6 is 11.6 Å². The van der Waals surface area contributed by atoms with Crippen molar-refractivity contribution >= 4 is 27.5 Å². The van der Waals surface area contributed by atoms with Gasteiger partial charge in [-0.25, -0.2) is 8.42 Å². The maximum atomic E-state index is 12.7. The largest absolute Gasteiger partial charge is 0.333 e. The number of sulfonamides is 1. The van der Waals surface area contributed by atoms with Gasteiger partial charge in [-0.1, -0.05) is 11.6 Å². The molecule has 1 aliphatic heterocycles. The van der Waals surface area contributed by atoms with Crippen LogP contribution in [0.25, 0.3) is 0 Å². The molecular formula is C18H24ClN4O3S+. The van der Waals surface area contributed by atoms with Gasteiger partial charge in [0, 0.05) is 5.02 Å². The number of rotatable bonds is 5. The fourth-order valence-corrected chi connectivity index (χ4v) is 5.32. The average Bonchev–Trinajstić information content (AvgIpc) is 3.11. The first kappa shape index (κ1) is 20.1. The van der Waals surface area contributed by atoms with Crippen LogP contribution in [0.2, 0.25) is 5.02 Å². The van der Waals surface area contributed by atoms with Crippen molar-refractivity contribution in [3.05, 3.63) is 29.3 Å². The van der Waals surface area contributed by atoms with Crippen LogP contribution < -0.4 is 10.2 Å². The van der Waals surface area contributed by atoms with E-state index in [-0.39, 0.29) is 17.3 Å². The summed E-state index contributed by atoms with van der Waals surface area (Å²) in [7, 11) is -3.55. The predicted molar refractivity (Wildman–Crippen MR) is 101 cm³/mol. The van der Waals surface area contributed by atoms with E-state index in [1.54, 1.807) is 12.1 Å². The lowest BCUT2D eigenvalue weighted by Gasteiger charge is -2.32. The van der Waals surface area contributed by atoms with Crippen molar-refractivity contribution in [3.8, 4) is 6.07 Å². The predicted octanol–water partition coefficient (Wildman–Crippen LogP) is 0.182. The highest BCUT2D eigenvalue weighted by molar-refractivity contribution is 7.89. The molecule has 0 atom stereocenters. The van der Waals surface area contributed by atoms with E-state index < -0.39 is 15.6 Å². The molecule has 0 bridgehead atoms. The molecule has 7 nitrogen and oxygen atoms in total. The van der Waals surface area contributed by atoms with Crippen LogP contribution in [0.4, 0.5) is 0 Å². The minimum atomic E-state index is -3.55. The Hall–Kier alpha value is -1.66. The summed E-state index contributed by atoms with van der Waals surface area (Å²) in [5.41, 5.74) is -0.712. The Labute approximate surface area is 164 Å². The van der Waals surface area contributed by atoms with E-state index in [1.807, 2.05) is 0 Å². The molecule has 1 aliphatic carbocycles. The molecule has 1 saturated heterocycles. The van der Waals surface area contributed by atoms with Crippen molar-refractivity contribution < 1.29 is 18.1 Å². The second-order valence-corrected chi connectivity index (χ2v) is 9.61. The molecule has 1 amide bonds. The van der Waals surface area contributed by atoms with E-state index in [2.05, 4.69) is 11.4 Å². The van der Waals surface area contributed by atoms with Crippen LogP contribution in [0.3, 0.4) is 0 Å². The number of carbonyl (C=O) groups excluding carboxylic acids is 1. The molecule has 3 rings (SSSR count). The van der Waals surface area contributed by atoms with E-state index in [4.69, 9.17) is 11.6 Å². The zero-order chi connectivity index (χ0) is 19.5. The van der Waals surface area contributed by atoms with E-state index in [0.29, 0.717) is 44.0 Å². The van der Waals surface area contributed by atoms with Gasteiger partial charge in [-0.15, -0.1) is 0 Å². The molecule has 0 spiro atoms. The monoisotopic (exact) mass is 411 g/mol. The Morgan fingerprint density at radius 3 is 2.37 bits per heavy atom. The number of nitrogens with one attached hydrogen (secondary N) is 2. The first-order chi connectivity index (χ1) is 12.8. The Morgan fingerprint density at radius 1 is 1.22 bits per heavy atom. The van der Waals surface area contributed by atoms with Crippen LogP contribution in [0.1, 0.15) is 25.7 Å².